The quantitative estimate of drug-likeness (QED) is 0.574. The van der Waals surface area contributed by atoms with Crippen LogP contribution in [0, 0.1) is 0 Å². The van der Waals surface area contributed by atoms with Crippen LogP contribution in [-0.4, -0.2) is 29.5 Å². The Kier molecular flexibility index (Phi) is 5.26. The highest BCUT2D eigenvalue weighted by molar-refractivity contribution is 6.01. The van der Waals surface area contributed by atoms with Gasteiger partial charge in [0.1, 0.15) is 0 Å². The Morgan fingerprint density at radius 2 is 2.28 bits per heavy atom. The van der Waals surface area contributed by atoms with Gasteiger partial charge in [-0.2, -0.15) is 0 Å². The molecular weight excluding hydrogens is 234 g/mol. The number of esters is 1. The zero-order chi connectivity index (χ0) is 13.5. The second kappa shape index (κ2) is 6.70. The van der Waals surface area contributed by atoms with Crippen LogP contribution in [0.15, 0.2) is 24.5 Å². The van der Waals surface area contributed by atoms with Gasteiger partial charge in [0.05, 0.1) is 12.6 Å². The fourth-order valence-electron chi connectivity index (χ4n) is 1.36. The average molecular weight is 251 g/mol. The minimum absolute atomic E-state index is 0.192. The summed E-state index contributed by atoms with van der Waals surface area (Å²) in [7, 11) is 0. The summed E-state index contributed by atoms with van der Waals surface area (Å²) in [6, 6.07) is 2.02. The van der Waals surface area contributed by atoms with Gasteiger partial charge in [0.2, 0.25) is 5.91 Å². The van der Waals surface area contributed by atoms with Crippen molar-refractivity contribution in [2.45, 2.75) is 25.9 Å². The van der Waals surface area contributed by atoms with Gasteiger partial charge in [-0.25, -0.2) is 4.79 Å². The lowest BCUT2D eigenvalue weighted by Crippen LogP contribution is -2.47. The number of carbonyl (C=O) groups is 2. The molecule has 6 nitrogen and oxygen atoms in total. The van der Waals surface area contributed by atoms with Crippen LogP contribution in [0.25, 0.3) is 0 Å². The summed E-state index contributed by atoms with van der Waals surface area (Å²) in [6.07, 6.45) is 3.28. The van der Waals surface area contributed by atoms with Crippen molar-refractivity contribution in [3.63, 3.8) is 0 Å². The number of nitrogens with one attached hydrogen (secondary N) is 1. The van der Waals surface area contributed by atoms with Gasteiger partial charge in [-0.15, -0.1) is 0 Å². The lowest BCUT2D eigenvalue weighted by atomic mass is 10.1. The SMILES string of the molecule is CCOC(=O)C(N)C(=O)NC(C)c1cccnc1. The molecule has 0 saturated heterocycles. The number of ether oxygens (including phenoxy) is 1. The number of hydrogen-bond acceptors (Lipinski definition) is 5. The molecule has 0 radical (unpaired) electrons. The number of rotatable bonds is 5. The molecule has 2 unspecified atom stereocenters. The molecule has 0 spiro atoms. The van der Waals surface area contributed by atoms with Gasteiger partial charge in [0, 0.05) is 12.4 Å². The predicted octanol–water partition coefficient (Wildman–Crippen LogP) is 0.149. The molecule has 0 bridgehead atoms. The minimum atomic E-state index is -1.30. The van der Waals surface area contributed by atoms with Crippen LogP contribution in [0.2, 0.25) is 0 Å². The van der Waals surface area contributed by atoms with E-state index < -0.39 is 17.9 Å². The molecule has 0 aromatic carbocycles. The molecule has 1 amide bonds. The number of carbonyl (C=O) groups excluding carboxylic acids is 2. The first kappa shape index (κ1) is 14.1. The van der Waals surface area contributed by atoms with Crippen molar-refractivity contribution in [1.29, 1.82) is 0 Å². The van der Waals surface area contributed by atoms with E-state index in [4.69, 9.17) is 5.73 Å². The summed E-state index contributed by atoms with van der Waals surface area (Å²) in [5.41, 5.74) is 6.31. The molecule has 0 aliphatic carbocycles. The number of pyridine rings is 1. The van der Waals surface area contributed by atoms with E-state index >= 15 is 0 Å². The van der Waals surface area contributed by atoms with Crippen molar-refractivity contribution in [2.75, 3.05) is 6.61 Å². The predicted molar refractivity (Wildman–Crippen MR) is 65.4 cm³/mol. The maximum Gasteiger partial charge on any atom is 0.332 e. The number of hydrogen-bond donors (Lipinski definition) is 2. The largest absolute Gasteiger partial charge is 0.464 e. The highest BCUT2D eigenvalue weighted by atomic mass is 16.5. The van der Waals surface area contributed by atoms with Crippen molar-refractivity contribution >= 4 is 11.9 Å². The van der Waals surface area contributed by atoms with Crippen molar-refractivity contribution < 1.29 is 14.3 Å². The highest BCUT2D eigenvalue weighted by Gasteiger charge is 2.24. The van der Waals surface area contributed by atoms with Crippen molar-refractivity contribution in [2.24, 2.45) is 5.73 Å². The van der Waals surface area contributed by atoms with Gasteiger partial charge in [-0.05, 0) is 25.5 Å². The van der Waals surface area contributed by atoms with E-state index in [9.17, 15) is 9.59 Å². The second-order valence-corrected chi connectivity index (χ2v) is 3.75. The van der Waals surface area contributed by atoms with Gasteiger partial charge >= 0.3 is 5.97 Å². The van der Waals surface area contributed by atoms with E-state index in [1.807, 2.05) is 6.07 Å². The van der Waals surface area contributed by atoms with E-state index in [0.717, 1.165) is 5.56 Å². The fourth-order valence-corrected chi connectivity index (χ4v) is 1.36. The molecule has 0 aliphatic heterocycles. The molecular formula is C12H17N3O3. The first-order valence-corrected chi connectivity index (χ1v) is 5.68. The molecule has 1 rings (SSSR count). The third kappa shape index (κ3) is 3.81. The summed E-state index contributed by atoms with van der Waals surface area (Å²) in [5.74, 6) is -1.29. The molecule has 2 atom stereocenters. The lowest BCUT2D eigenvalue weighted by molar-refractivity contribution is -0.148. The summed E-state index contributed by atoms with van der Waals surface area (Å²) in [5, 5.41) is 2.63. The number of nitrogens with two attached hydrogens (primary N) is 1. The molecule has 1 heterocycles. The third-order valence-electron chi connectivity index (χ3n) is 2.37. The first-order valence-electron chi connectivity index (χ1n) is 5.68. The summed E-state index contributed by atoms with van der Waals surface area (Å²) in [4.78, 5) is 26.9. The molecule has 98 valence electrons. The van der Waals surface area contributed by atoms with E-state index in [1.54, 1.807) is 32.3 Å². The van der Waals surface area contributed by atoms with E-state index in [1.165, 1.54) is 0 Å². The van der Waals surface area contributed by atoms with E-state index in [2.05, 4.69) is 15.0 Å². The molecule has 6 heteroatoms. The Morgan fingerprint density at radius 1 is 1.56 bits per heavy atom. The van der Waals surface area contributed by atoms with Gasteiger partial charge in [0.15, 0.2) is 6.04 Å². The van der Waals surface area contributed by atoms with Gasteiger partial charge < -0.3 is 15.8 Å². The molecule has 0 saturated carbocycles. The Labute approximate surface area is 106 Å². The summed E-state index contributed by atoms with van der Waals surface area (Å²) in [6.45, 7) is 3.63. The molecule has 18 heavy (non-hydrogen) atoms. The van der Waals surface area contributed by atoms with Crippen molar-refractivity contribution in [3.05, 3.63) is 30.1 Å². The van der Waals surface area contributed by atoms with Crippen LogP contribution >= 0.6 is 0 Å². The van der Waals surface area contributed by atoms with Gasteiger partial charge in [-0.3, -0.25) is 9.78 Å². The third-order valence-corrected chi connectivity index (χ3v) is 2.37. The summed E-state index contributed by atoms with van der Waals surface area (Å²) >= 11 is 0. The topological polar surface area (TPSA) is 94.3 Å². The molecule has 0 fully saturated rings. The van der Waals surface area contributed by atoms with Crippen LogP contribution in [0.3, 0.4) is 0 Å². The fraction of sp³-hybridized carbons (Fsp3) is 0.417. The monoisotopic (exact) mass is 251 g/mol. The maximum absolute atomic E-state index is 11.7. The van der Waals surface area contributed by atoms with Gasteiger partial charge in [-0.1, -0.05) is 6.07 Å². The highest BCUT2D eigenvalue weighted by Crippen LogP contribution is 2.09. The van der Waals surface area contributed by atoms with Crippen LogP contribution in [0.5, 0.6) is 0 Å². The normalized spacial score (nSPS) is 13.5. The van der Waals surface area contributed by atoms with Gasteiger partial charge in [0.25, 0.3) is 0 Å². The summed E-state index contributed by atoms with van der Waals surface area (Å²) < 4.78 is 4.67. The molecule has 1 aromatic rings. The van der Waals surface area contributed by atoms with Crippen LogP contribution in [-0.2, 0) is 14.3 Å². The molecule has 3 N–H and O–H groups in total. The second-order valence-electron chi connectivity index (χ2n) is 3.75. The molecule has 0 aliphatic rings. The minimum Gasteiger partial charge on any atom is -0.464 e. The van der Waals surface area contributed by atoms with Crippen molar-refractivity contribution in [1.82, 2.24) is 10.3 Å². The zero-order valence-corrected chi connectivity index (χ0v) is 10.4. The Bertz CT molecular complexity index is 408. The van der Waals surface area contributed by atoms with Crippen LogP contribution in [0.4, 0.5) is 0 Å². The number of amides is 1. The first-order chi connectivity index (χ1) is 8.56. The van der Waals surface area contributed by atoms with Crippen molar-refractivity contribution in [3.8, 4) is 0 Å². The smallest absolute Gasteiger partial charge is 0.332 e. The maximum atomic E-state index is 11.7. The zero-order valence-electron chi connectivity index (χ0n) is 10.4. The van der Waals surface area contributed by atoms with Crippen LogP contribution in [0.1, 0.15) is 25.5 Å². The molecule has 1 aromatic heterocycles. The Balaban J connectivity index is 2.57. The lowest BCUT2D eigenvalue weighted by Gasteiger charge is -2.16. The van der Waals surface area contributed by atoms with E-state index in [-0.39, 0.29) is 12.6 Å². The number of aromatic nitrogens is 1. The average Bonchev–Trinajstić information content (AvgIpc) is 2.39. The standard InChI is InChI=1S/C12H17N3O3/c1-3-18-12(17)10(13)11(16)15-8(2)9-5-4-6-14-7-9/h4-8,10H,3,13H2,1-2H3,(H,15,16). The number of nitrogens with zero attached hydrogens (tertiary/aromatic N) is 1. The Hall–Kier alpha value is -1.95. The Morgan fingerprint density at radius 3 is 2.83 bits per heavy atom. The van der Waals surface area contributed by atoms with E-state index in [0.29, 0.717) is 0 Å². The van der Waals surface area contributed by atoms with Crippen LogP contribution < -0.4 is 11.1 Å².